The number of ether oxygens (including phenoxy) is 1. The number of carbonyl (C=O) groups is 1. The number of carbonyl (C=O) groups excluding carboxylic acids is 1. The Balaban J connectivity index is 1.46. The lowest BCUT2D eigenvalue weighted by Crippen LogP contribution is -2.48. The lowest BCUT2D eigenvalue weighted by molar-refractivity contribution is 0.0824. The van der Waals surface area contributed by atoms with Crippen LogP contribution in [0.25, 0.3) is 0 Å². The minimum absolute atomic E-state index is 0.0121. The van der Waals surface area contributed by atoms with E-state index < -0.39 is 0 Å². The van der Waals surface area contributed by atoms with E-state index in [0.29, 0.717) is 12.0 Å². The molecule has 1 aliphatic heterocycles. The van der Waals surface area contributed by atoms with Gasteiger partial charge in [0.1, 0.15) is 0 Å². The van der Waals surface area contributed by atoms with Crippen molar-refractivity contribution < 1.29 is 9.53 Å². The third-order valence-electron chi connectivity index (χ3n) is 4.23. The smallest absolute Gasteiger partial charge is 0.315 e. The van der Waals surface area contributed by atoms with Crippen molar-refractivity contribution in [3.8, 4) is 0 Å². The summed E-state index contributed by atoms with van der Waals surface area (Å²) in [4.78, 5) is 11.9. The van der Waals surface area contributed by atoms with Crippen LogP contribution >= 0.6 is 0 Å². The van der Waals surface area contributed by atoms with Crippen LogP contribution in [0.3, 0.4) is 0 Å². The maximum absolute atomic E-state index is 11.9. The van der Waals surface area contributed by atoms with Crippen LogP contribution in [-0.2, 0) is 4.74 Å². The van der Waals surface area contributed by atoms with Gasteiger partial charge in [-0.3, -0.25) is 0 Å². The molecule has 0 spiro atoms. The lowest BCUT2D eigenvalue weighted by atomic mass is 10.1. The normalized spacial score (nSPS) is 33.9. The molecule has 2 atom stereocenters. The van der Waals surface area contributed by atoms with Gasteiger partial charge >= 0.3 is 6.03 Å². The molecule has 4 heteroatoms. The highest BCUT2D eigenvalue weighted by Crippen LogP contribution is 2.38. The molecule has 2 saturated carbocycles. The van der Waals surface area contributed by atoms with Gasteiger partial charge in [0.15, 0.2) is 0 Å². The van der Waals surface area contributed by atoms with Gasteiger partial charge in [-0.05, 0) is 38.0 Å². The van der Waals surface area contributed by atoms with Crippen LogP contribution in [-0.4, -0.2) is 30.8 Å². The molecule has 2 unspecified atom stereocenters. The van der Waals surface area contributed by atoms with E-state index in [1.807, 2.05) is 0 Å². The summed E-state index contributed by atoms with van der Waals surface area (Å²) in [5, 5.41) is 6.18. The van der Waals surface area contributed by atoms with Crippen molar-refractivity contribution in [2.24, 2.45) is 5.92 Å². The maximum atomic E-state index is 11.9. The van der Waals surface area contributed by atoms with Crippen LogP contribution in [0, 0.1) is 5.92 Å². The SMILES string of the molecule is O=C(NC1CCCC1)NC1CCOC1C1CC1. The molecule has 0 aromatic carbocycles. The second-order valence-electron chi connectivity index (χ2n) is 5.67. The Labute approximate surface area is 102 Å². The summed E-state index contributed by atoms with van der Waals surface area (Å²) in [6.07, 6.45) is 8.58. The van der Waals surface area contributed by atoms with E-state index in [4.69, 9.17) is 4.74 Å². The van der Waals surface area contributed by atoms with E-state index in [-0.39, 0.29) is 18.2 Å². The van der Waals surface area contributed by atoms with Crippen LogP contribution in [0.1, 0.15) is 44.9 Å². The number of urea groups is 1. The predicted octanol–water partition coefficient (Wildman–Crippen LogP) is 1.80. The average Bonchev–Trinajstić information content (AvgIpc) is 2.84. The zero-order valence-corrected chi connectivity index (χ0v) is 10.3. The first-order chi connectivity index (χ1) is 8.33. The highest BCUT2D eigenvalue weighted by molar-refractivity contribution is 5.74. The molecule has 3 fully saturated rings. The zero-order chi connectivity index (χ0) is 11.7. The van der Waals surface area contributed by atoms with Crippen LogP contribution in [0.15, 0.2) is 0 Å². The molecular weight excluding hydrogens is 216 g/mol. The molecule has 0 aromatic rings. The molecule has 96 valence electrons. The fraction of sp³-hybridized carbons (Fsp3) is 0.923. The number of hydrogen-bond donors (Lipinski definition) is 2. The fourth-order valence-electron chi connectivity index (χ4n) is 3.12. The molecule has 4 nitrogen and oxygen atoms in total. The summed E-state index contributed by atoms with van der Waals surface area (Å²) >= 11 is 0. The van der Waals surface area contributed by atoms with Crippen molar-refractivity contribution in [2.75, 3.05) is 6.61 Å². The van der Waals surface area contributed by atoms with Gasteiger partial charge in [0, 0.05) is 12.6 Å². The minimum atomic E-state index is 0.0121. The standard InChI is InChI=1S/C13H22N2O2/c16-13(14-10-3-1-2-4-10)15-11-7-8-17-12(11)9-5-6-9/h9-12H,1-8H2,(H2,14,15,16). The van der Waals surface area contributed by atoms with E-state index in [1.54, 1.807) is 0 Å². The summed E-state index contributed by atoms with van der Waals surface area (Å²) in [5.41, 5.74) is 0. The molecule has 17 heavy (non-hydrogen) atoms. The third-order valence-corrected chi connectivity index (χ3v) is 4.23. The Hall–Kier alpha value is -0.770. The number of hydrogen-bond acceptors (Lipinski definition) is 2. The number of nitrogens with one attached hydrogen (secondary N) is 2. The van der Waals surface area contributed by atoms with Gasteiger partial charge in [-0.1, -0.05) is 12.8 Å². The Morgan fingerprint density at radius 1 is 1.00 bits per heavy atom. The maximum Gasteiger partial charge on any atom is 0.315 e. The molecule has 3 aliphatic rings. The molecule has 1 heterocycles. The molecule has 0 aromatic heterocycles. The molecule has 2 aliphatic carbocycles. The largest absolute Gasteiger partial charge is 0.376 e. The van der Waals surface area contributed by atoms with E-state index in [2.05, 4.69) is 10.6 Å². The summed E-state index contributed by atoms with van der Waals surface area (Å²) in [7, 11) is 0. The van der Waals surface area contributed by atoms with Gasteiger partial charge in [-0.2, -0.15) is 0 Å². The third kappa shape index (κ3) is 2.73. The van der Waals surface area contributed by atoms with Crippen molar-refractivity contribution in [1.29, 1.82) is 0 Å². The summed E-state index contributed by atoms with van der Waals surface area (Å²) in [5.74, 6) is 0.703. The monoisotopic (exact) mass is 238 g/mol. The second-order valence-corrected chi connectivity index (χ2v) is 5.67. The first kappa shape index (κ1) is 11.3. The quantitative estimate of drug-likeness (QED) is 0.787. The van der Waals surface area contributed by atoms with Crippen molar-refractivity contribution in [3.05, 3.63) is 0 Å². The van der Waals surface area contributed by atoms with Crippen molar-refractivity contribution in [2.45, 2.75) is 63.1 Å². The topological polar surface area (TPSA) is 50.4 Å². The predicted molar refractivity (Wildman–Crippen MR) is 64.8 cm³/mol. The lowest BCUT2D eigenvalue weighted by Gasteiger charge is -2.21. The van der Waals surface area contributed by atoms with E-state index >= 15 is 0 Å². The van der Waals surface area contributed by atoms with Gasteiger partial charge in [-0.15, -0.1) is 0 Å². The van der Waals surface area contributed by atoms with Crippen LogP contribution in [0.4, 0.5) is 4.79 Å². The van der Waals surface area contributed by atoms with Crippen molar-refractivity contribution in [3.63, 3.8) is 0 Å². The van der Waals surface area contributed by atoms with Gasteiger partial charge in [0.05, 0.1) is 12.1 Å². The van der Waals surface area contributed by atoms with Gasteiger partial charge < -0.3 is 15.4 Å². The van der Waals surface area contributed by atoms with E-state index in [1.165, 1.54) is 25.7 Å². The summed E-state index contributed by atoms with van der Waals surface area (Å²) < 4.78 is 5.72. The first-order valence-corrected chi connectivity index (χ1v) is 7.01. The molecular formula is C13H22N2O2. The summed E-state index contributed by atoms with van der Waals surface area (Å²) in [6.45, 7) is 0.801. The van der Waals surface area contributed by atoms with Crippen LogP contribution in [0.2, 0.25) is 0 Å². The number of amides is 2. The molecule has 2 N–H and O–H groups in total. The van der Waals surface area contributed by atoms with Crippen molar-refractivity contribution in [1.82, 2.24) is 10.6 Å². The van der Waals surface area contributed by atoms with Crippen LogP contribution < -0.4 is 10.6 Å². The average molecular weight is 238 g/mol. The Bertz CT molecular complexity index is 285. The minimum Gasteiger partial charge on any atom is -0.376 e. The molecule has 3 rings (SSSR count). The highest BCUT2D eigenvalue weighted by Gasteiger charge is 2.41. The van der Waals surface area contributed by atoms with Crippen molar-refractivity contribution >= 4 is 6.03 Å². The first-order valence-electron chi connectivity index (χ1n) is 7.01. The van der Waals surface area contributed by atoms with E-state index in [9.17, 15) is 4.79 Å². The Kier molecular flexibility index (Phi) is 3.23. The second kappa shape index (κ2) is 4.84. The van der Waals surface area contributed by atoms with Gasteiger partial charge in [-0.25, -0.2) is 4.79 Å². The van der Waals surface area contributed by atoms with Gasteiger partial charge in [0.25, 0.3) is 0 Å². The molecule has 0 radical (unpaired) electrons. The van der Waals surface area contributed by atoms with Gasteiger partial charge in [0.2, 0.25) is 0 Å². The van der Waals surface area contributed by atoms with E-state index in [0.717, 1.165) is 25.9 Å². The van der Waals surface area contributed by atoms with Crippen LogP contribution in [0.5, 0.6) is 0 Å². The zero-order valence-electron chi connectivity index (χ0n) is 10.3. The fourth-order valence-corrected chi connectivity index (χ4v) is 3.12. The summed E-state index contributed by atoms with van der Waals surface area (Å²) in [6, 6.07) is 0.652. The highest BCUT2D eigenvalue weighted by atomic mass is 16.5. The molecule has 2 amide bonds. The number of rotatable bonds is 3. The Morgan fingerprint density at radius 2 is 1.76 bits per heavy atom. The molecule has 0 bridgehead atoms. The molecule has 1 saturated heterocycles. The Morgan fingerprint density at radius 3 is 2.47 bits per heavy atom.